The SMILES string of the molecule is CC(C)n1ncnc1CNCCCN1CCOCC1. The van der Waals surface area contributed by atoms with Crippen LogP contribution in [0.15, 0.2) is 6.33 Å². The summed E-state index contributed by atoms with van der Waals surface area (Å²) in [6, 6.07) is 0.368. The van der Waals surface area contributed by atoms with Crippen molar-refractivity contribution in [3.63, 3.8) is 0 Å². The Bertz CT molecular complexity index is 360. The standard InChI is InChI=1S/C13H25N5O/c1-12(2)18-13(15-11-16-18)10-14-4-3-5-17-6-8-19-9-7-17/h11-12,14H,3-10H2,1-2H3. The molecule has 6 nitrogen and oxygen atoms in total. The van der Waals surface area contributed by atoms with Crippen molar-refractivity contribution in [1.29, 1.82) is 0 Å². The van der Waals surface area contributed by atoms with E-state index < -0.39 is 0 Å². The Morgan fingerprint density at radius 1 is 1.37 bits per heavy atom. The molecule has 1 aliphatic heterocycles. The van der Waals surface area contributed by atoms with E-state index in [1.54, 1.807) is 6.33 Å². The van der Waals surface area contributed by atoms with Gasteiger partial charge in [-0.2, -0.15) is 5.10 Å². The van der Waals surface area contributed by atoms with Crippen LogP contribution in [-0.2, 0) is 11.3 Å². The molecule has 19 heavy (non-hydrogen) atoms. The summed E-state index contributed by atoms with van der Waals surface area (Å²) in [5.41, 5.74) is 0. The number of hydrogen-bond donors (Lipinski definition) is 1. The molecule has 0 atom stereocenters. The van der Waals surface area contributed by atoms with Crippen LogP contribution in [-0.4, -0.2) is 59.1 Å². The van der Waals surface area contributed by atoms with E-state index in [0.29, 0.717) is 6.04 Å². The van der Waals surface area contributed by atoms with Crippen molar-refractivity contribution in [3.05, 3.63) is 12.2 Å². The van der Waals surface area contributed by atoms with E-state index in [4.69, 9.17) is 4.74 Å². The van der Waals surface area contributed by atoms with E-state index in [1.807, 2.05) is 4.68 Å². The molecule has 0 aromatic carbocycles. The van der Waals surface area contributed by atoms with Crippen LogP contribution in [0.4, 0.5) is 0 Å². The summed E-state index contributed by atoms with van der Waals surface area (Å²) in [5.74, 6) is 1.02. The summed E-state index contributed by atoms with van der Waals surface area (Å²) >= 11 is 0. The van der Waals surface area contributed by atoms with Crippen LogP contribution < -0.4 is 5.32 Å². The highest BCUT2D eigenvalue weighted by atomic mass is 16.5. The number of ether oxygens (including phenoxy) is 1. The number of rotatable bonds is 7. The van der Waals surface area contributed by atoms with Crippen molar-refractivity contribution in [3.8, 4) is 0 Å². The minimum absolute atomic E-state index is 0.368. The van der Waals surface area contributed by atoms with Gasteiger partial charge in [0.15, 0.2) is 0 Å². The first kappa shape index (κ1) is 14.4. The molecule has 1 aliphatic rings. The second-order valence-electron chi connectivity index (χ2n) is 5.20. The lowest BCUT2D eigenvalue weighted by atomic mass is 10.3. The van der Waals surface area contributed by atoms with Gasteiger partial charge < -0.3 is 10.1 Å². The Labute approximate surface area is 115 Å². The Kier molecular flexibility index (Phi) is 5.75. The predicted molar refractivity (Wildman–Crippen MR) is 74.0 cm³/mol. The van der Waals surface area contributed by atoms with Crippen molar-refractivity contribution >= 4 is 0 Å². The summed E-state index contributed by atoms with van der Waals surface area (Å²) in [5, 5.41) is 7.67. The van der Waals surface area contributed by atoms with Crippen LogP contribution in [0.1, 0.15) is 32.1 Å². The lowest BCUT2D eigenvalue weighted by molar-refractivity contribution is 0.0374. The second kappa shape index (κ2) is 7.57. The molecule has 2 heterocycles. The van der Waals surface area contributed by atoms with E-state index >= 15 is 0 Å². The number of nitrogens with zero attached hydrogens (tertiary/aromatic N) is 4. The quantitative estimate of drug-likeness (QED) is 0.736. The maximum absolute atomic E-state index is 5.34. The molecule has 1 aromatic heterocycles. The van der Waals surface area contributed by atoms with E-state index in [0.717, 1.165) is 58.2 Å². The van der Waals surface area contributed by atoms with Gasteiger partial charge in [-0.15, -0.1) is 0 Å². The zero-order valence-corrected chi connectivity index (χ0v) is 12.0. The zero-order chi connectivity index (χ0) is 13.5. The van der Waals surface area contributed by atoms with Crippen molar-refractivity contribution in [1.82, 2.24) is 25.0 Å². The van der Waals surface area contributed by atoms with Crippen LogP contribution in [0.3, 0.4) is 0 Å². The lowest BCUT2D eigenvalue weighted by Crippen LogP contribution is -2.37. The molecule has 0 saturated carbocycles. The third-order valence-corrected chi connectivity index (χ3v) is 3.35. The summed E-state index contributed by atoms with van der Waals surface area (Å²) in [6.07, 6.45) is 2.79. The summed E-state index contributed by atoms with van der Waals surface area (Å²) in [7, 11) is 0. The van der Waals surface area contributed by atoms with Gasteiger partial charge in [-0.1, -0.05) is 0 Å². The topological polar surface area (TPSA) is 55.2 Å². The average Bonchev–Trinajstić information content (AvgIpc) is 2.88. The van der Waals surface area contributed by atoms with Crippen LogP contribution in [0.2, 0.25) is 0 Å². The van der Waals surface area contributed by atoms with Crippen molar-refractivity contribution < 1.29 is 4.74 Å². The smallest absolute Gasteiger partial charge is 0.141 e. The minimum Gasteiger partial charge on any atom is -0.379 e. The molecule has 2 rings (SSSR count). The fraction of sp³-hybridized carbons (Fsp3) is 0.846. The molecule has 6 heteroatoms. The van der Waals surface area contributed by atoms with Gasteiger partial charge >= 0.3 is 0 Å². The van der Waals surface area contributed by atoms with E-state index in [1.165, 1.54) is 0 Å². The summed E-state index contributed by atoms with van der Waals surface area (Å²) in [4.78, 5) is 6.75. The molecule has 0 unspecified atom stereocenters. The number of aromatic nitrogens is 3. The Morgan fingerprint density at radius 3 is 2.89 bits per heavy atom. The first-order valence-corrected chi connectivity index (χ1v) is 7.16. The average molecular weight is 267 g/mol. The Balaban J connectivity index is 1.59. The summed E-state index contributed by atoms with van der Waals surface area (Å²) in [6.45, 7) is 11.1. The van der Waals surface area contributed by atoms with Gasteiger partial charge in [0.2, 0.25) is 0 Å². The Hall–Kier alpha value is -0.980. The van der Waals surface area contributed by atoms with Crippen molar-refractivity contribution in [2.75, 3.05) is 39.4 Å². The first-order valence-electron chi connectivity index (χ1n) is 7.16. The highest BCUT2D eigenvalue weighted by Gasteiger charge is 2.09. The molecule has 0 amide bonds. The molecule has 1 saturated heterocycles. The highest BCUT2D eigenvalue weighted by molar-refractivity contribution is 4.85. The molecule has 0 bridgehead atoms. The minimum atomic E-state index is 0.368. The van der Waals surface area contributed by atoms with E-state index in [-0.39, 0.29) is 0 Å². The molecule has 1 aromatic rings. The van der Waals surface area contributed by atoms with E-state index in [9.17, 15) is 0 Å². The maximum Gasteiger partial charge on any atom is 0.141 e. The van der Waals surface area contributed by atoms with Crippen LogP contribution in [0.25, 0.3) is 0 Å². The van der Waals surface area contributed by atoms with Gasteiger partial charge in [0, 0.05) is 19.1 Å². The van der Waals surface area contributed by atoms with E-state index in [2.05, 4.69) is 34.1 Å². The summed E-state index contributed by atoms with van der Waals surface area (Å²) < 4.78 is 7.30. The number of morpholine rings is 1. The molecule has 1 fully saturated rings. The molecular weight excluding hydrogens is 242 g/mol. The number of nitrogens with one attached hydrogen (secondary N) is 1. The molecule has 108 valence electrons. The fourth-order valence-electron chi connectivity index (χ4n) is 2.28. The van der Waals surface area contributed by atoms with Crippen molar-refractivity contribution in [2.45, 2.75) is 32.9 Å². The van der Waals surface area contributed by atoms with Crippen LogP contribution in [0, 0.1) is 0 Å². The van der Waals surface area contributed by atoms with Crippen LogP contribution >= 0.6 is 0 Å². The van der Waals surface area contributed by atoms with Gasteiger partial charge in [-0.05, 0) is 33.4 Å². The number of hydrogen-bond acceptors (Lipinski definition) is 5. The van der Waals surface area contributed by atoms with Gasteiger partial charge in [0.25, 0.3) is 0 Å². The van der Waals surface area contributed by atoms with Crippen LogP contribution in [0.5, 0.6) is 0 Å². The largest absolute Gasteiger partial charge is 0.379 e. The predicted octanol–water partition coefficient (Wildman–Crippen LogP) is 0.671. The Morgan fingerprint density at radius 2 is 2.16 bits per heavy atom. The zero-order valence-electron chi connectivity index (χ0n) is 12.0. The third-order valence-electron chi connectivity index (χ3n) is 3.35. The molecule has 0 radical (unpaired) electrons. The maximum atomic E-state index is 5.34. The lowest BCUT2D eigenvalue weighted by Gasteiger charge is -2.26. The van der Waals surface area contributed by atoms with Gasteiger partial charge in [0.1, 0.15) is 12.2 Å². The van der Waals surface area contributed by atoms with Gasteiger partial charge in [-0.3, -0.25) is 4.90 Å². The first-order chi connectivity index (χ1) is 9.27. The van der Waals surface area contributed by atoms with Crippen molar-refractivity contribution in [2.24, 2.45) is 0 Å². The van der Waals surface area contributed by atoms with Gasteiger partial charge in [-0.25, -0.2) is 9.67 Å². The normalized spacial score (nSPS) is 17.2. The molecular formula is C13H25N5O. The monoisotopic (exact) mass is 267 g/mol. The second-order valence-corrected chi connectivity index (χ2v) is 5.20. The third kappa shape index (κ3) is 4.56. The highest BCUT2D eigenvalue weighted by Crippen LogP contribution is 2.04. The van der Waals surface area contributed by atoms with Gasteiger partial charge in [0.05, 0.1) is 19.8 Å². The molecule has 0 aliphatic carbocycles. The molecule has 0 spiro atoms. The fourth-order valence-corrected chi connectivity index (χ4v) is 2.28. The molecule has 1 N–H and O–H groups in total.